The van der Waals surface area contributed by atoms with Crippen LogP contribution in [0.1, 0.15) is 42.5 Å². The van der Waals surface area contributed by atoms with E-state index >= 15 is 0 Å². The number of ether oxygens (including phenoxy) is 1. The van der Waals surface area contributed by atoms with E-state index in [2.05, 4.69) is 13.8 Å². The second kappa shape index (κ2) is 3.41. The van der Waals surface area contributed by atoms with Gasteiger partial charge in [0.1, 0.15) is 17.1 Å². The molecular weight excluding hydrogens is 200 g/mol. The van der Waals surface area contributed by atoms with Crippen molar-refractivity contribution in [3.05, 3.63) is 22.3 Å². The summed E-state index contributed by atoms with van der Waals surface area (Å²) in [7, 11) is 0. The third kappa shape index (κ3) is 1.40. The summed E-state index contributed by atoms with van der Waals surface area (Å²) in [4.78, 5) is 0. The van der Waals surface area contributed by atoms with E-state index in [1.165, 1.54) is 5.56 Å². The molecule has 0 aliphatic carbocycles. The maximum Gasteiger partial charge on any atom is 0.127 e. The molecule has 0 fully saturated rings. The van der Waals surface area contributed by atoms with Crippen molar-refractivity contribution in [2.24, 2.45) is 0 Å². The fourth-order valence-electron chi connectivity index (χ4n) is 2.37. The van der Waals surface area contributed by atoms with E-state index in [1.54, 1.807) is 0 Å². The van der Waals surface area contributed by atoms with E-state index in [0.717, 1.165) is 35.3 Å². The molecule has 1 atom stereocenters. The molecule has 88 valence electrons. The average molecular weight is 220 g/mol. The van der Waals surface area contributed by atoms with Gasteiger partial charge in [-0.15, -0.1) is 0 Å². The Balaban J connectivity index is 2.62. The molecular formula is C14H20O2. The molecule has 0 saturated carbocycles. The summed E-state index contributed by atoms with van der Waals surface area (Å²) < 4.78 is 6.08. The summed E-state index contributed by atoms with van der Waals surface area (Å²) in [5.41, 5.74) is 4.09. The largest absolute Gasteiger partial charge is 0.507 e. The van der Waals surface area contributed by atoms with E-state index in [9.17, 15) is 5.11 Å². The highest BCUT2D eigenvalue weighted by molar-refractivity contribution is 5.59. The number of benzene rings is 1. The molecule has 1 heterocycles. The predicted octanol–water partition coefficient (Wildman–Crippen LogP) is 3.42. The van der Waals surface area contributed by atoms with Gasteiger partial charge in [-0.2, -0.15) is 0 Å². The van der Waals surface area contributed by atoms with Crippen LogP contribution in [0.3, 0.4) is 0 Å². The second-order valence-electron chi connectivity index (χ2n) is 5.11. The van der Waals surface area contributed by atoms with Crippen LogP contribution in [-0.2, 0) is 6.42 Å². The number of phenols is 1. The fraction of sp³-hybridized carbons (Fsp3) is 0.571. The van der Waals surface area contributed by atoms with Gasteiger partial charge < -0.3 is 9.84 Å². The van der Waals surface area contributed by atoms with Crippen molar-refractivity contribution in [3.8, 4) is 11.5 Å². The van der Waals surface area contributed by atoms with Gasteiger partial charge in [-0.05, 0) is 50.8 Å². The Morgan fingerprint density at radius 1 is 1.19 bits per heavy atom. The number of phenolic OH excluding ortho intramolecular Hbond substituents is 1. The Morgan fingerprint density at radius 2 is 1.81 bits per heavy atom. The zero-order valence-corrected chi connectivity index (χ0v) is 10.8. The highest BCUT2D eigenvalue weighted by Crippen LogP contribution is 2.45. The van der Waals surface area contributed by atoms with E-state index in [-0.39, 0.29) is 5.60 Å². The van der Waals surface area contributed by atoms with Gasteiger partial charge in [0.05, 0.1) is 0 Å². The van der Waals surface area contributed by atoms with Crippen molar-refractivity contribution in [2.45, 2.75) is 53.1 Å². The Bertz CT molecular complexity index is 410. The number of hydrogen-bond acceptors (Lipinski definition) is 2. The smallest absolute Gasteiger partial charge is 0.127 e. The first kappa shape index (κ1) is 11.3. The summed E-state index contributed by atoms with van der Waals surface area (Å²) in [6.07, 6.45) is 1.89. The van der Waals surface area contributed by atoms with Crippen LogP contribution in [0.2, 0.25) is 0 Å². The van der Waals surface area contributed by atoms with Gasteiger partial charge in [0.15, 0.2) is 0 Å². The van der Waals surface area contributed by atoms with Crippen LogP contribution in [0, 0.1) is 20.8 Å². The SMILES string of the molecule is CCC1(C)Cc2c(C)c(O)c(C)c(C)c2O1. The van der Waals surface area contributed by atoms with Gasteiger partial charge in [-0.25, -0.2) is 0 Å². The highest BCUT2D eigenvalue weighted by atomic mass is 16.5. The molecule has 1 aromatic rings. The molecule has 1 aliphatic rings. The molecule has 0 saturated heterocycles. The standard InChI is InChI=1S/C14H20O2/c1-6-14(5)7-11-10(4)12(15)8(2)9(3)13(11)16-14/h15H,6-7H2,1-5H3. The van der Waals surface area contributed by atoms with Crippen LogP contribution in [0.15, 0.2) is 0 Å². The van der Waals surface area contributed by atoms with Crippen molar-refractivity contribution in [1.29, 1.82) is 0 Å². The highest BCUT2D eigenvalue weighted by Gasteiger charge is 2.36. The molecule has 2 rings (SSSR count). The minimum absolute atomic E-state index is 0.0991. The third-order valence-corrected chi connectivity index (χ3v) is 3.99. The van der Waals surface area contributed by atoms with Crippen LogP contribution in [0.25, 0.3) is 0 Å². The first-order valence-electron chi connectivity index (χ1n) is 5.90. The number of hydrogen-bond donors (Lipinski definition) is 1. The third-order valence-electron chi connectivity index (χ3n) is 3.99. The topological polar surface area (TPSA) is 29.5 Å². The maximum absolute atomic E-state index is 10.0. The number of fused-ring (bicyclic) bond motifs is 1. The lowest BCUT2D eigenvalue weighted by atomic mass is 9.91. The van der Waals surface area contributed by atoms with E-state index in [1.807, 2.05) is 20.8 Å². The van der Waals surface area contributed by atoms with Gasteiger partial charge in [0.25, 0.3) is 0 Å². The first-order valence-corrected chi connectivity index (χ1v) is 5.90. The fourth-order valence-corrected chi connectivity index (χ4v) is 2.37. The van der Waals surface area contributed by atoms with Crippen LogP contribution in [-0.4, -0.2) is 10.7 Å². The second-order valence-corrected chi connectivity index (χ2v) is 5.11. The molecule has 0 radical (unpaired) electrons. The average Bonchev–Trinajstić information content (AvgIpc) is 2.63. The van der Waals surface area contributed by atoms with Crippen molar-refractivity contribution in [1.82, 2.24) is 0 Å². The summed E-state index contributed by atoms with van der Waals surface area (Å²) in [5, 5.41) is 10.0. The number of rotatable bonds is 1. The van der Waals surface area contributed by atoms with Gasteiger partial charge in [-0.3, -0.25) is 0 Å². The van der Waals surface area contributed by atoms with Crippen molar-refractivity contribution in [3.63, 3.8) is 0 Å². The molecule has 0 aromatic heterocycles. The van der Waals surface area contributed by atoms with Crippen LogP contribution < -0.4 is 4.74 Å². The molecule has 16 heavy (non-hydrogen) atoms. The van der Waals surface area contributed by atoms with Gasteiger partial charge in [-0.1, -0.05) is 6.92 Å². The molecule has 2 heteroatoms. The summed E-state index contributed by atoms with van der Waals surface area (Å²) in [6.45, 7) is 10.2. The normalized spacial score (nSPS) is 23.1. The molecule has 0 spiro atoms. The summed E-state index contributed by atoms with van der Waals surface area (Å²) >= 11 is 0. The van der Waals surface area contributed by atoms with E-state index < -0.39 is 0 Å². The Morgan fingerprint density at radius 3 is 2.38 bits per heavy atom. The van der Waals surface area contributed by atoms with E-state index in [0.29, 0.717) is 5.75 Å². The Labute approximate surface area is 97.3 Å². The quantitative estimate of drug-likeness (QED) is 0.785. The van der Waals surface area contributed by atoms with Crippen LogP contribution >= 0.6 is 0 Å². The van der Waals surface area contributed by atoms with E-state index in [4.69, 9.17) is 4.74 Å². The maximum atomic E-state index is 10.0. The number of aromatic hydroxyl groups is 1. The van der Waals surface area contributed by atoms with Gasteiger partial charge in [0, 0.05) is 12.0 Å². The zero-order chi connectivity index (χ0) is 12.1. The molecule has 1 aliphatic heterocycles. The molecule has 0 amide bonds. The van der Waals surface area contributed by atoms with Crippen LogP contribution in [0.5, 0.6) is 11.5 Å². The molecule has 2 nitrogen and oxygen atoms in total. The predicted molar refractivity (Wildman–Crippen MR) is 65.3 cm³/mol. The molecule has 1 aromatic carbocycles. The first-order chi connectivity index (χ1) is 7.39. The minimum Gasteiger partial charge on any atom is -0.507 e. The van der Waals surface area contributed by atoms with Crippen molar-refractivity contribution in [2.75, 3.05) is 0 Å². The molecule has 0 bridgehead atoms. The Kier molecular flexibility index (Phi) is 2.41. The lowest BCUT2D eigenvalue weighted by molar-refractivity contribution is 0.111. The zero-order valence-electron chi connectivity index (χ0n) is 10.8. The van der Waals surface area contributed by atoms with Gasteiger partial charge in [0.2, 0.25) is 0 Å². The molecule has 1 unspecified atom stereocenters. The summed E-state index contributed by atoms with van der Waals surface area (Å²) in [6, 6.07) is 0. The monoisotopic (exact) mass is 220 g/mol. The molecule has 1 N–H and O–H groups in total. The van der Waals surface area contributed by atoms with Gasteiger partial charge >= 0.3 is 0 Å². The Hall–Kier alpha value is -1.18. The lowest BCUT2D eigenvalue weighted by Gasteiger charge is -2.22. The van der Waals surface area contributed by atoms with Crippen molar-refractivity contribution >= 4 is 0 Å². The lowest BCUT2D eigenvalue weighted by Crippen LogP contribution is -2.28. The van der Waals surface area contributed by atoms with Crippen LogP contribution in [0.4, 0.5) is 0 Å². The minimum atomic E-state index is -0.0991. The summed E-state index contributed by atoms with van der Waals surface area (Å²) in [5.74, 6) is 1.43. The van der Waals surface area contributed by atoms with Crippen molar-refractivity contribution < 1.29 is 9.84 Å².